The summed E-state index contributed by atoms with van der Waals surface area (Å²) in [6, 6.07) is 8.29. The Morgan fingerprint density at radius 2 is 1.79 bits per heavy atom. The highest BCUT2D eigenvalue weighted by atomic mass is 32.1. The molecule has 1 aliphatic heterocycles. The molecule has 3 N–H and O–H groups in total. The topological polar surface area (TPSA) is 71.7 Å². The van der Waals surface area contributed by atoms with Crippen molar-refractivity contribution in [3.63, 3.8) is 0 Å². The minimum Gasteiger partial charge on any atom is -0.355 e. The van der Waals surface area contributed by atoms with Gasteiger partial charge < -0.3 is 14.8 Å². The SMILES string of the molecule is CC(=O)c1c(C)[nH]c(C(=O)C[NH+]2CC[NH+](Cc3nc4ccccc4s3)CC2)c1C. The summed E-state index contributed by atoms with van der Waals surface area (Å²) in [5.74, 6) is 0.109. The quantitative estimate of drug-likeness (QED) is 0.520. The van der Waals surface area contributed by atoms with E-state index in [0.29, 0.717) is 17.8 Å². The molecule has 0 radical (unpaired) electrons. The van der Waals surface area contributed by atoms with Gasteiger partial charge in [-0.1, -0.05) is 12.1 Å². The molecule has 1 saturated heterocycles. The highest BCUT2D eigenvalue weighted by molar-refractivity contribution is 7.18. The first-order valence-electron chi connectivity index (χ1n) is 10.2. The van der Waals surface area contributed by atoms with Crippen LogP contribution in [-0.2, 0) is 6.54 Å². The minimum absolute atomic E-state index is 0.00899. The molecule has 1 fully saturated rings. The van der Waals surface area contributed by atoms with E-state index in [0.717, 1.165) is 49.5 Å². The molecule has 0 atom stereocenters. The molecule has 152 valence electrons. The number of piperazine rings is 1. The number of Topliss-reactive ketones (excluding diaryl/α,β-unsaturated/α-hetero) is 2. The molecule has 4 rings (SSSR count). The van der Waals surface area contributed by atoms with E-state index in [2.05, 4.69) is 23.2 Å². The number of nitrogens with one attached hydrogen (secondary N) is 3. The monoisotopic (exact) mass is 412 g/mol. The van der Waals surface area contributed by atoms with Crippen molar-refractivity contribution in [1.29, 1.82) is 0 Å². The number of hydrogen-bond donors (Lipinski definition) is 3. The van der Waals surface area contributed by atoms with E-state index < -0.39 is 0 Å². The fourth-order valence-electron chi connectivity index (χ4n) is 4.39. The number of ketones is 2. The number of rotatable bonds is 6. The van der Waals surface area contributed by atoms with Crippen LogP contribution in [0.25, 0.3) is 10.2 Å². The van der Waals surface area contributed by atoms with Gasteiger partial charge in [0.05, 0.1) is 15.9 Å². The number of thiazole rings is 1. The number of hydrogen-bond acceptors (Lipinski definition) is 4. The van der Waals surface area contributed by atoms with Crippen molar-refractivity contribution in [2.45, 2.75) is 27.3 Å². The van der Waals surface area contributed by atoms with Gasteiger partial charge >= 0.3 is 0 Å². The number of carbonyl (C=O) groups is 2. The third-order valence-corrected chi connectivity index (χ3v) is 6.92. The van der Waals surface area contributed by atoms with Crippen molar-refractivity contribution >= 4 is 33.1 Å². The van der Waals surface area contributed by atoms with Crippen LogP contribution in [0.2, 0.25) is 0 Å². The van der Waals surface area contributed by atoms with Crippen molar-refractivity contribution in [1.82, 2.24) is 9.97 Å². The summed E-state index contributed by atoms with van der Waals surface area (Å²) in [5, 5.41) is 1.19. The lowest BCUT2D eigenvalue weighted by atomic mass is 10.1. The van der Waals surface area contributed by atoms with Gasteiger partial charge in [-0.3, -0.25) is 9.59 Å². The normalized spacial score (nSPS) is 19.6. The first-order chi connectivity index (χ1) is 13.9. The second-order valence-electron chi connectivity index (χ2n) is 8.03. The molecule has 0 amide bonds. The van der Waals surface area contributed by atoms with Crippen LogP contribution in [0, 0.1) is 13.8 Å². The Labute approximate surface area is 174 Å². The summed E-state index contributed by atoms with van der Waals surface area (Å²) in [6.07, 6.45) is 0. The van der Waals surface area contributed by atoms with E-state index >= 15 is 0 Å². The molecule has 3 heterocycles. The molecular weight excluding hydrogens is 384 g/mol. The number of carbonyl (C=O) groups excluding carboxylic acids is 2. The first kappa shape index (κ1) is 19.9. The highest BCUT2D eigenvalue weighted by Gasteiger charge is 2.28. The summed E-state index contributed by atoms with van der Waals surface area (Å²) in [5.41, 5.74) is 3.93. The van der Waals surface area contributed by atoms with E-state index in [9.17, 15) is 9.59 Å². The summed E-state index contributed by atoms with van der Waals surface area (Å²) >= 11 is 1.78. The second-order valence-corrected chi connectivity index (χ2v) is 9.15. The van der Waals surface area contributed by atoms with Crippen molar-refractivity contribution in [3.05, 3.63) is 51.8 Å². The van der Waals surface area contributed by atoms with Gasteiger partial charge in [-0.05, 0) is 38.5 Å². The fraction of sp³-hybridized carbons (Fsp3) is 0.409. The van der Waals surface area contributed by atoms with E-state index in [1.165, 1.54) is 19.5 Å². The number of para-hydroxylation sites is 1. The molecule has 0 spiro atoms. The number of nitrogens with zero attached hydrogens (tertiary/aromatic N) is 1. The maximum Gasteiger partial charge on any atom is 0.233 e. The summed E-state index contributed by atoms with van der Waals surface area (Å²) in [7, 11) is 0. The second kappa shape index (κ2) is 8.18. The van der Waals surface area contributed by atoms with Gasteiger partial charge in [0.25, 0.3) is 0 Å². The van der Waals surface area contributed by atoms with Crippen molar-refractivity contribution in [2.75, 3.05) is 32.7 Å². The number of benzene rings is 1. The number of fused-ring (bicyclic) bond motifs is 1. The van der Waals surface area contributed by atoms with E-state index in [1.54, 1.807) is 18.3 Å². The summed E-state index contributed by atoms with van der Waals surface area (Å²) in [6.45, 7) is 10.7. The molecule has 0 unspecified atom stereocenters. The predicted octanol–water partition coefficient (Wildman–Crippen LogP) is 0.610. The van der Waals surface area contributed by atoms with Gasteiger partial charge in [-0.25, -0.2) is 4.98 Å². The molecule has 1 aliphatic rings. The van der Waals surface area contributed by atoms with Crippen LogP contribution in [-0.4, -0.2) is 54.3 Å². The Morgan fingerprint density at radius 3 is 2.45 bits per heavy atom. The van der Waals surface area contributed by atoms with Crippen LogP contribution in [0.5, 0.6) is 0 Å². The van der Waals surface area contributed by atoms with Crippen LogP contribution >= 0.6 is 11.3 Å². The van der Waals surface area contributed by atoms with Crippen molar-refractivity contribution in [2.24, 2.45) is 0 Å². The molecule has 6 nitrogen and oxygen atoms in total. The lowest BCUT2D eigenvalue weighted by molar-refractivity contribution is -1.01. The van der Waals surface area contributed by atoms with Gasteiger partial charge in [-0.2, -0.15) is 0 Å². The molecule has 0 aliphatic carbocycles. The molecule has 0 saturated carbocycles. The Morgan fingerprint density at radius 1 is 1.10 bits per heavy atom. The molecule has 2 aromatic heterocycles. The summed E-state index contributed by atoms with van der Waals surface area (Å²) < 4.78 is 1.25. The lowest BCUT2D eigenvalue weighted by Crippen LogP contribution is -3.27. The van der Waals surface area contributed by atoms with Gasteiger partial charge in [0.2, 0.25) is 5.78 Å². The van der Waals surface area contributed by atoms with Crippen molar-refractivity contribution < 1.29 is 19.4 Å². The maximum atomic E-state index is 12.8. The van der Waals surface area contributed by atoms with E-state index in [4.69, 9.17) is 4.98 Å². The minimum atomic E-state index is 0.00899. The standard InChI is InChI=1S/C22H26N4O2S/c1-14-21(16(3)27)15(2)23-22(14)18(28)12-25-8-10-26(11-9-25)13-20-24-17-6-4-5-7-19(17)29-20/h4-7,23H,8-13H2,1-3H3/p+2. The third-order valence-electron chi connectivity index (χ3n) is 5.88. The van der Waals surface area contributed by atoms with Crippen LogP contribution in [0.1, 0.15) is 44.0 Å². The number of aromatic nitrogens is 2. The smallest absolute Gasteiger partial charge is 0.233 e. The lowest BCUT2D eigenvalue weighted by Gasteiger charge is -2.28. The molecule has 1 aromatic carbocycles. The summed E-state index contributed by atoms with van der Waals surface area (Å²) in [4.78, 5) is 35.4. The highest BCUT2D eigenvalue weighted by Crippen LogP contribution is 2.21. The zero-order chi connectivity index (χ0) is 20.5. The number of aromatic amines is 1. The molecule has 0 bridgehead atoms. The Balaban J connectivity index is 1.33. The van der Waals surface area contributed by atoms with Crippen LogP contribution in [0.3, 0.4) is 0 Å². The van der Waals surface area contributed by atoms with Gasteiger partial charge in [-0.15, -0.1) is 11.3 Å². The van der Waals surface area contributed by atoms with E-state index in [-0.39, 0.29) is 11.6 Å². The zero-order valence-corrected chi connectivity index (χ0v) is 18.0. The number of H-pyrrole nitrogens is 1. The first-order valence-corrected chi connectivity index (χ1v) is 11.0. The maximum absolute atomic E-state index is 12.8. The van der Waals surface area contributed by atoms with Crippen LogP contribution < -0.4 is 9.80 Å². The zero-order valence-electron chi connectivity index (χ0n) is 17.2. The predicted molar refractivity (Wildman–Crippen MR) is 114 cm³/mol. The Hall–Kier alpha value is -2.35. The number of quaternary nitrogens is 2. The molecular formula is C22H28N4O2S+2. The van der Waals surface area contributed by atoms with Gasteiger partial charge in [0, 0.05) is 11.3 Å². The Bertz CT molecular complexity index is 1030. The van der Waals surface area contributed by atoms with Crippen LogP contribution in [0.4, 0.5) is 0 Å². The average molecular weight is 413 g/mol. The Kier molecular flexibility index (Phi) is 5.63. The van der Waals surface area contributed by atoms with Crippen LogP contribution in [0.15, 0.2) is 24.3 Å². The fourth-order valence-corrected chi connectivity index (χ4v) is 5.43. The number of aryl methyl sites for hydroxylation is 1. The van der Waals surface area contributed by atoms with Gasteiger partial charge in [0.1, 0.15) is 44.3 Å². The van der Waals surface area contributed by atoms with Gasteiger partial charge in [0.15, 0.2) is 5.78 Å². The largest absolute Gasteiger partial charge is 0.355 e. The van der Waals surface area contributed by atoms with E-state index in [1.807, 2.05) is 19.9 Å². The molecule has 3 aromatic rings. The third kappa shape index (κ3) is 4.17. The molecule has 29 heavy (non-hydrogen) atoms. The molecule has 7 heteroatoms. The van der Waals surface area contributed by atoms with Crippen molar-refractivity contribution in [3.8, 4) is 0 Å². The average Bonchev–Trinajstić information content (AvgIpc) is 3.22.